The largest absolute Gasteiger partial charge is 0.292 e. The summed E-state index contributed by atoms with van der Waals surface area (Å²) in [7, 11) is 0. The third-order valence-electron chi connectivity index (χ3n) is 3.56. The van der Waals surface area contributed by atoms with E-state index >= 15 is 0 Å². The summed E-state index contributed by atoms with van der Waals surface area (Å²) in [6, 6.07) is 13.2. The highest BCUT2D eigenvalue weighted by Gasteiger charge is 2.14. The summed E-state index contributed by atoms with van der Waals surface area (Å²) in [6.07, 6.45) is 1.72. The third kappa shape index (κ3) is 2.64. The van der Waals surface area contributed by atoms with Gasteiger partial charge in [-0.15, -0.1) is 0 Å². The van der Waals surface area contributed by atoms with Crippen molar-refractivity contribution >= 4 is 22.6 Å². The molecule has 3 rings (SSSR count). The van der Waals surface area contributed by atoms with Crippen molar-refractivity contribution in [3.8, 4) is 11.1 Å². The lowest BCUT2D eigenvalue weighted by atomic mass is 10.1. The topological polar surface area (TPSA) is 34.9 Å². The van der Waals surface area contributed by atoms with Crippen LogP contribution >= 0.6 is 11.6 Å². The van der Waals surface area contributed by atoms with E-state index in [1.807, 2.05) is 36.4 Å². The molecule has 112 valence electrons. The standard InChI is InChI=1S/C18H17ClN2O/c1-12(2)11-21-17-13(6-5-9-20-17)10-15(18(21)22)14-7-3-4-8-16(14)19/h3-10,12H,11H2,1-2H3. The Labute approximate surface area is 134 Å². The zero-order valence-corrected chi connectivity index (χ0v) is 13.3. The van der Waals surface area contributed by atoms with E-state index < -0.39 is 0 Å². The van der Waals surface area contributed by atoms with Gasteiger partial charge in [0.05, 0.1) is 0 Å². The molecule has 0 spiro atoms. The SMILES string of the molecule is CC(C)Cn1c(=O)c(-c2ccccc2Cl)cc2cccnc21. The quantitative estimate of drug-likeness (QED) is 0.719. The summed E-state index contributed by atoms with van der Waals surface area (Å²) in [4.78, 5) is 17.3. The molecule has 2 aromatic heterocycles. The van der Waals surface area contributed by atoms with Gasteiger partial charge in [-0.3, -0.25) is 9.36 Å². The number of fused-ring (bicyclic) bond motifs is 1. The number of hydrogen-bond acceptors (Lipinski definition) is 2. The van der Waals surface area contributed by atoms with Crippen molar-refractivity contribution in [1.82, 2.24) is 9.55 Å². The first kappa shape index (κ1) is 14.8. The molecule has 0 radical (unpaired) electrons. The van der Waals surface area contributed by atoms with Gasteiger partial charge in [0.1, 0.15) is 5.65 Å². The van der Waals surface area contributed by atoms with Crippen LogP contribution in [-0.2, 0) is 6.54 Å². The molecule has 0 aliphatic rings. The van der Waals surface area contributed by atoms with E-state index in [2.05, 4.69) is 18.8 Å². The number of halogens is 1. The first-order valence-electron chi connectivity index (χ1n) is 7.31. The second-order valence-electron chi connectivity index (χ2n) is 5.76. The van der Waals surface area contributed by atoms with Gasteiger partial charge in [-0.05, 0) is 30.2 Å². The Balaban J connectivity index is 2.35. The fourth-order valence-corrected chi connectivity index (χ4v) is 2.85. The van der Waals surface area contributed by atoms with Crippen LogP contribution in [0.4, 0.5) is 0 Å². The van der Waals surface area contributed by atoms with E-state index in [4.69, 9.17) is 11.6 Å². The Hall–Kier alpha value is -2.13. The molecule has 1 aromatic carbocycles. The van der Waals surface area contributed by atoms with Gasteiger partial charge in [-0.25, -0.2) is 4.98 Å². The Morgan fingerprint density at radius 3 is 2.64 bits per heavy atom. The number of hydrogen-bond donors (Lipinski definition) is 0. The van der Waals surface area contributed by atoms with Crippen LogP contribution in [-0.4, -0.2) is 9.55 Å². The van der Waals surface area contributed by atoms with Crippen molar-refractivity contribution in [2.75, 3.05) is 0 Å². The average Bonchev–Trinajstić information content (AvgIpc) is 2.50. The van der Waals surface area contributed by atoms with Gasteiger partial charge >= 0.3 is 0 Å². The molecular weight excluding hydrogens is 296 g/mol. The van der Waals surface area contributed by atoms with E-state index in [1.165, 1.54) is 0 Å². The minimum absolute atomic E-state index is 0.0481. The number of aromatic nitrogens is 2. The summed E-state index contributed by atoms with van der Waals surface area (Å²) in [5, 5.41) is 1.52. The van der Waals surface area contributed by atoms with Crippen LogP contribution in [0.3, 0.4) is 0 Å². The molecule has 22 heavy (non-hydrogen) atoms. The Morgan fingerprint density at radius 1 is 1.14 bits per heavy atom. The molecular formula is C18H17ClN2O. The maximum Gasteiger partial charge on any atom is 0.260 e. The van der Waals surface area contributed by atoms with Gasteiger partial charge in [-0.1, -0.05) is 43.6 Å². The fraction of sp³-hybridized carbons (Fsp3) is 0.222. The lowest BCUT2D eigenvalue weighted by Gasteiger charge is -2.14. The van der Waals surface area contributed by atoms with E-state index in [1.54, 1.807) is 16.8 Å². The van der Waals surface area contributed by atoms with Crippen molar-refractivity contribution in [3.63, 3.8) is 0 Å². The van der Waals surface area contributed by atoms with Gasteiger partial charge in [0.2, 0.25) is 0 Å². The smallest absolute Gasteiger partial charge is 0.260 e. The molecule has 0 saturated heterocycles. The lowest BCUT2D eigenvalue weighted by Crippen LogP contribution is -2.25. The van der Waals surface area contributed by atoms with Gasteiger partial charge in [-0.2, -0.15) is 0 Å². The van der Waals surface area contributed by atoms with Crippen LogP contribution < -0.4 is 5.56 Å². The van der Waals surface area contributed by atoms with E-state index in [0.29, 0.717) is 23.0 Å². The second kappa shape index (κ2) is 5.93. The highest BCUT2D eigenvalue weighted by atomic mass is 35.5. The number of rotatable bonds is 3. The predicted molar refractivity (Wildman–Crippen MR) is 91.3 cm³/mol. The molecule has 0 atom stereocenters. The van der Waals surface area contributed by atoms with Crippen molar-refractivity contribution in [3.05, 3.63) is 64.0 Å². The monoisotopic (exact) mass is 312 g/mol. The third-order valence-corrected chi connectivity index (χ3v) is 3.89. The van der Waals surface area contributed by atoms with Crippen LogP contribution in [0.5, 0.6) is 0 Å². The Kier molecular flexibility index (Phi) is 3.99. The van der Waals surface area contributed by atoms with Crippen LogP contribution in [0, 0.1) is 5.92 Å². The molecule has 0 saturated carbocycles. The molecule has 0 aliphatic carbocycles. The number of pyridine rings is 2. The number of benzene rings is 1. The van der Waals surface area contributed by atoms with Crippen molar-refractivity contribution in [1.29, 1.82) is 0 Å². The maximum atomic E-state index is 12.9. The zero-order chi connectivity index (χ0) is 15.7. The van der Waals surface area contributed by atoms with E-state index in [9.17, 15) is 4.79 Å². The molecule has 4 heteroatoms. The van der Waals surface area contributed by atoms with Crippen LogP contribution in [0.1, 0.15) is 13.8 Å². The molecule has 0 fully saturated rings. The van der Waals surface area contributed by atoms with Gasteiger partial charge in [0, 0.05) is 34.3 Å². The molecule has 2 heterocycles. The average molecular weight is 313 g/mol. The highest BCUT2D eigenvalue weighted by Crippen LogP contribution is 2.27. The van der Waals surface area contributed by atoms with Gasteiger partial charge < -0.3 is 0 Å². The molecule has 3 nitrogen and oxygen atoms in total. The predicted octanol–water partition coefficient (Wildman–Crippen LogP) is 4.37. The highest BCUT2D eigenvalue weighted by molar-refractivity contribution is 6.33. The second-order valence-corrected chi connectivity index (χ2v) is 6.17. The summed E-state index contributed by atoms with van der Waals surface area (Å²) in [6.45, 7) is 4.80. The molecule has 0 unspecified atom stereocenters. The van der Waals surface area contributed by atoms with Crippen LogP contribution in [0.15, 0.2) is 53.5 Å². The van der Waals surface area contributed by atoms with Crippen molar-refractivity contribution < 1.29 is 0 Å². The summed E-state index contributed by atoms with van der Waals surface area (Å²) < 4.78 is 1.75. The Bertz CT molecular complexity index is 884. The maximum absolute atomic E-state index is 12.9. The summed E-state index contributed by atoms with van der Waals surface area (Å²) >= 11 is 6.28. The first-order chi connectivity index (χ1) is 10.6. The lowest BCUT2D eigenvalue weighted by molar-refractivity contribution is 0.521. The normalized spacial score (nSPS) is 11.3. The summed E-state index contributed by atoms with van der Waals surface area (Å²) in [5.74, 6) is 0.351. The minimum Gasteiger partial charge on any atom is -0.292 e. The first-order valence-corrected chi connectivity index (χ1v) is 7.69. The van der Waals surface area contributed by atoms with E-state index in [0.717, 1.165) is 16.6 Å². The molecule has 0 N–H and O–H groups in total. The Morgan fingerprint density at radius 2 is 1.91 bits per heavy atom. The fourth-order valence-electron chi connectivity index (χ4n) is 2.61. The molecule has 0 bridgehead atoms. The van der Waals surface area contributed by atoms with Gasteiger partial charge in [0.15, 0.2) is 0 Å². The van der Waals surface area contributed by atoms with Crippen molar-refractivity contribution in [2.24, 2.45) is 5.92 Å². The van der Waals surface area contributed by atoms with Crippen LogP contribution in [0.25, 0.3) is 22.2 Å². The molecule has 3 aromatic rings. The van der Waals surface area contributed by atoms with E-state index in [-0.39, 0.29) is 5.56 Å². The van der Waals surface area contributed by atoms with Gasteiger partial charge in [0.25, 0.3) is 5.56 Å². The number of nitrogens with zero attached hydrogens (tertiary/aromatic N) is 2. The van der Waals surface area contributed by atoms with Crippen LogP contribution in [0.2, 0.25) is 5.02 Å². The minimum atomic E-state index is -0.0481. The molecule has 0 aliphatic heterocycles. The summed E-state index contributed by atoms with van der Waals surface area (Å²) in [5.41, 5.74) is 2.05. The molecule has 0 amide bonds. The van der Waals surface area contributed by atoms with Crippen molar-refractivity contribution in [2.45, 2.75) is 20.4 Å². The zero-order valence-electron chi connectivity index (χ0n) is 12.6.